The Hall–Kier alpha value is -2.37. The Kier molecular flexibility index (Phi) is 5.36. The molecule has 128 valence electrons. The topological polar surface area (TPSA) is 41.9 Å². The van der Waals surface area contributed by atoms with Gasteiger partial charge >= 0.3 is 0 Å². The van der Waals surface area contributed by atoms with Gasteiger partial charge in [0.1, 0.15) is 0 Å². The van der Waals surface area contributed by atoms with Gasteiger partial charge in [0.15, 0.2) is 5.11 Å². The normalized spacial score (nSPS) is 10.5. The first-order chi connectivity index (χ1) is 12.0. The van der Waals surface area contributed by atoms with Crippen LogP contribution in [0.2, 0.25) is 5.02 Å². The number of benzene rings is 2. The molecule has 0 amide bonds. The van der Waals surface area contributed by atoms with Crippen molar-refractivity contribution in [1.82, 2.24) is 9.78 Å². The molecule has 0 bridgehead atoms. The largest absolute Gasteiger partial charge is 0.332 e. The standard InChI is InChI=1S/C19H19ClN4S/c1-13-5-3-4-6-15(13)11-24-12-17(10-21-24)22-19(25)23-18-9-16(20)8-7-14(18)2/h3-10,12H,11H2,1-2H3,(H2,22,23,25). The van der Waals surface area contributed by atoms with Crippen LogP contribution >= 0.6 is 23.8 Å². The van der Waals surface area contributed by atoms with Crippen LogP contribution in [0.4, 0.5) is 11.4 Å². The molecule has 0 unspecified atom stereocenters. The number of rotatable bonds is 4. The maximum atomic E-state index is 6.04. The molecule has 0 fully saturated rings. The summed E-state index contributed by atoms with van der Waals surface area (Å²) in [5, 5.41) is 11.9. The molecule has 0 saturated carbocycles. The van der Waals surface area contributed by atoms with Crippen molar-refractivity contribution in [3.63, 3.8) is 0 Å². The minimum atomic E-state index is 0.501. The fourth-order valence-electron chi connectivity index (χ4n) is 2.49. The molecule has 0 radical (unpaired) electrons. The Morgan fingerprint density at radius 1 is 1.12 bits per heavy atom. The summed E-state index contributed by atoms with van der Waals surface area (Å²) in [5.74, 6) is 0. The highest BCUT2D eigenvalue weighted by atomic mass is 35.5. The molecule has 2 aromatic carbocycles. The molecule has 6 heteroatoms. The quantitative estimate of drug-likeness (QED) is 0.633. The predicted octanol–water partition coefficient (Wildman–Crippen LogP) is 5.01. The maximum Gasteiger partial charge on any atom is 0.175 e. The Morgan fingerprint density at radius 3 is 2.72 bits per heavy atom. The zero-order valence-corrected chi connectivity index (χ0v) is 15.7. The van der Waals surface area contributed by atoms with Crippen LogP contribution in [0.5, 0.6) is 0 Å². The van der Waals surface area contributed by atoms with Crippen LogP contribution in [-0.2, 0) is 6.54 Å². The molecule has 0 spiro atoms. The number of anilines is 2. The Labute approximate surface area is 157 Å². The molecule has 1 aromatic heterocycles. The fourth-order valence-corrected chi connectivity index (χ4v) is 2.89. The van der Waals surface area contributed by atoms with Crippen molar-refractivity contribution < 1.29 is 0 Å². The summed E-state index contributed by atoms with van der Waals surface area (Å²) in [4.78, 5) is 0. The molecule has 25 heavy (non-hydrogen) atoms. The van der Waals surface area contributed by atoms with Gasteiger partial charge in [0.05, 0.1) is 18.4 Å². The van der Waals surface area contributed by atoms with Crippen molar-refractivity contribution in [2.75, 3.05) is 10.6 Å². The highest BCUT2D eigenvalue weighted by molar-refractivity contribution is 7.80. The van der Waals surface area contributed by atoms with Crippen LogP contribution in [0.15, 0.2) is 54.9 Å². The van der Waals surface area contributed by atoms with E-state index in [1.54, 1.807) is 6.20 Å². The number of nitrogens with zero attached hydrogens (tertiary/aromatic N) is 2. The number of nitrogens with one attached hydrogen (secondary N) is 2. The molecule has 0 aliphatic heterocycles. The van der Waals surface area contributed by atoms with E-state index >= 15 is 0 Å². The van der Waals surface area contributed by atoms with Gasteiger partial charge in [-0.1, -0.05) is 41.9 Å². The molecule has 0 aliphatic rings. The van der Waals surface area contributed by atoms with Gasteiger partial charge in [-0.15, -0.1) is 0 Å². The number of aromatic nitrogens is 2. The lowest BCUT2D eigenvalue weighted by Gasteiger charge is -2.11. The number of thiocarbonyl (C=S) groups is 1. The molecular formula is C19H19ClN4S. The summed E-state index contributed by atoms with van der Waals surface area (Å²) < 4.78 is 1.89. The molecule has 0 aliphatic carbocycles. The van der Waals surface area contributed by atoms with Crippen LogP contribution in [0, 0.1) is 13.8 Å². The summed E-state index contributed by atoms with van der Waals surface area (Å²) >= 11 is 11.4. The smallest absolute Gasteiger partial charge is 0.175 e. The van der Waals surface area contributed by atoms with Gasteiger partial charge in [-0.05, 0) is 54.9 Å². The zero-order valence-electron chi connectivity index (χ0n) is 14.1. The van der Waals surface area contributed by atoms with Crippen molar-refractivity contribution in [3.05, 3.63) is 76.6 Å². The van der Waals surface area contributed by atoms with E-state index in [1.165, 1.54) is 11.1 Å². The van der Waals surface area contributed by atoms with Gasteiger partial charge in [-0.25, -0.2) is 0 Å². The van der Waals surface area contributed by atoms with Crippen molar-refractivity contribution in [3.8, 4) is 0 Å². The molecular weight excluding hydrogens is 352 g/mol. The van der Waals surface area contributed by atoms with Gasteiger partial charge in [-0.3, -0.25) is 4.68 Å². The predicted molar refractivity (Wildman–Crippen MR) is 109 cm³/mol. The summed E-state index contributed by atoms with van der Waals surface area (Å²) in [6.45, 7) is 4.83. The second-order valence-electron chi connectivity index (χ2n) is 5.89. The lowest BCUT2D eigenvalue weighted by Crippen LogP contribution is -2.19. The molecule has 3 aromatic rings. The van der Waals surface area contributed by atoms with Gasteiger partial charge in [-0.2, -0.15) is 5.10 Å². The average Bonchev–Trinajstić information content (AvgIpc) is 3.00. The first-order valence-electron chi connectivity index (χ1n) is 7.92. The SMILES string of the molecule is Cc1ccccc1Cn1cc(NC(=S)Nc2cc(Cl)ccc2C)cn1. The average molecular weight is 371 g/mol. The van der Waals surface area contributed by atoms with Crippen LogP contribution in [0.3, 0.4) is 0 Å². The van der Waals surface area contributed by atoms with Crippen molar-refractivity contribution in [2.24, 2.45) is 0 Å². The van der Waals surface area contributed by atoms with E-state index in [9.17, 15) is 0 Å². The van der Waals surface area contributed by atoms with E-state index in [-0.39, 0.29) is 0 Å². The van der Waals surface area contributed by atoms with Crippen LogP contribution < -0.4 is 10.6 Å². The lowest BCUT2D eigenvalue weighted by atomic mass is 10.1. The van der Waals surface area contributed by atoms with E-state index < -0.39 is 0 Å². The Balaban J connectivity index is 1.64. The zero-order chi connectivity index (χ0) is 17.8. The van der Waals surface area contributed by atoms with E-state index in [2.05, 4.69) is 34.8 Å². The van der Waals surface area contributed by atoms with Crippen LogP contribution in [0.25, 0.3) is 0 Å². The molecule has 2 N–H and O–H groups in total. The van der Waals surface area contributed by atoms with Crippen molar-refractivity contribution >= 4 is 40.3 Å². The summed E-state index contributed by atoms with van der Waals surface area (Å²) in [5.41, 5.74) is 5.29. The Bertz CT molecular complexity index is 904. The first kappa shape index (κ1) is 17.5. The van der Waals surface area contributed by atoms with E-state index in [0.717, 1.165) is 23.5 Å². The number of aryl methyl sites for hydroxylation is 2. The van der Waals surface area contributed by atoms with Crippen molar-refractivity contribution in [2.45, 2.75) is 20.4 Å². The van der Waals surface area contributed by atoms with Gasteiger partial charge in [0.2, 0.25) is 0 Å². The summed E-state index contributed by atoms with van der Waals surface area (Å²) in [6, 6.07) is 13.9. The molecule has 0 atom stereocenters. The third-order valence-electron chi connectivity index (χ3n) is 3.93. The summed E-state index contributed by atoms with van der Waals surface area (Å²) in [6.07, 6.45) is 3.70. The third kappa shape index (κ3) is 4.59. The minimum Gasteiger partial charge on any atom is -0.332 e. The highest BCUT2D eigenvalue weighted by Crippen LogP contribution is 2.20. The Morgan fingerprint density at radius 2 is 1.92 bits per heavy atom. The molecule has 4 nitrogen and oxygen atoms in total. The minimum absolute atomic E-state index is 0.501. The van der Waals surface area contributed by atoms with Crippen LogP contribution in [-0.4, -0.2) is 14.9 Å². The highest BCUT2D eigenvalue weighted by Gasteiger charge is 2.06. The fraction of sp³-hybridized carbons (Fsp3) is 0.158. The number of hydrogen-bond donors (Lipinski definition) is 2. The number of hydrogen-bond acceptors (Lipinski definition) is 2. The van der Waals surface area contributed by atoms with Crippen molar-refractivity contribution in [1.29, 1.82) is 0 Å². The molecule has 3 rings (SSSR count). The summed E-state index contributed by atoms with van der Waals surface area (Å²) in [7, 11) is 0. The second kappa shape index (κ2) is 7.68. The van der Waals surface area contributed by atoms with Gasteiger partial charge in [0.25, 0.3) is 0 Å². The van der Waals surface area contributed by atoms with E-state index in [0.29, 0.717) is 10.1 Å². The van der Waals surface area contributed by atoms with E-state index in [1.807, 2.05) is 48.1 Å². The maximum absolute atomic E-state index is 6.04. The lowest BCUT2D eigenvalue weighted by molar-refractivity contribution is 0.684. The third-order valence-corrected chi connectivity index (χ3v) is 4.37. The first-order valence-corrected chi connectivity index (χ1v) is 8.71. The molecule has 1 heterocycles. The molecule has 0 saturated heterocycles. The second-order valence-corrected chi connectivity index (χ2v) is 6.74. The van der Waals surface area contributed by atoms with Gasteiger partial charge < -0.3 is 10.6 Å². The van der Waals surface area contributed by atoms with Crippen LogP contribution in [0.1, 0.15) is 16.7 Å². The van der Waals surface area contributed by atoms with Gasteiger partial charge in [0, 0.05) is 16.9 Å². The van der Waals surface area contributed by atoms with E-state index in [4.69, 9.17) is 23.8 Å². The number of halogens is 1. The monoisotopic (exact) mass is 370 g/mol.